The van der Waals surface area contributed by atoms with Gasteiger partial charge in [-0.2, -0.15) is 9.29 Å². The molecule has 3 aliphatic rings. The number of nitrogens with zero attached hydrogens (tertiary/aromatic N) is 10. The van der Waals surface area contributed by atoms with Gasteiger partial charge in [-0.3, -0.25) is 42.3 Å². The summed E-state index contributed by atoms with van der Waals surface area (Å²) in [6.45, 7) is -7.86. The van der Waals surface area contributed by atoms with Crippen molar-refractivity contribution in [3.05, 3.63) is 46.0 Å². The first-order valence-corrected chi connectivity index (χ1v) is 29.5. The van der Waals surface area contributed by atoms with Gasteiger partial charge in [0.25, 0.3) is 24.9 Å². The minimum atomic E-state index is -5.98. The highest BCUT2D eigenvalue weighted by atomic mass is 32.5. The highest BCUT2D eigenvalue weighted by molar-refractivity contribution is 8.08. The number of aliphatic hydroxyl groups excluding tert-OH is 3. The van der Waals surface area contributed by atoms with E-state index in [0.717, 1.165) is 30.7 Å². The van der Waals surface area contributed by atoms with Crippen LogP contribution in [0.3, 0.4) is 0 Å². The van der Waals surface area contributed by atoms with Crippen molar-refractivity contribution in [2.75, 3.05) is 57.8 Å². The fourth-order valence-electron chi connectivity index (χ4n) is 8.98. The number of aromatic amines is 2. The zero-order valence-electron chi connectivity index (χ0n) is 40.3. The number of aliphatic hydroxyl groups is 3. The predicted octanol–water partition coefficient (Wildman–Crippen LogP) is -3.93. The number of phosphoric ester groups is 2. The molecule has 9 rings (SSSR count). The summed E-state index contributed by atoms with van der Waals surface area (Å²) in [5.74, 6) is -1.47. The van der Waals surface area contributed by atoms with E-state index in [0.29, 0.717) is 0 Å². The summed E-state index contributed by atoms with van der Waals surface area (Å²) in [7, 11) is -13.5. The lowest BCUT2D eigenvalue weighted by molar-refractivity contribution is -0.745. The number of anilines is 3. The van der Waals surface area contributed by atoms with Crippen molar-refractivity contribution in [3.63, 3.8) is 0 Å². The molecule has 78 heavy (non-hydrogen) atoms. The normalized spacial score (nSPS) is 29.8. The molecule has 16 atom stereocenters. The lowest BCUT2D eigenvalue weighted by Gasteiger charge is -2.31. The number of nitrogens with two attached hydrogens (primary N) is 3. The van der Waals surface area contributed by atoms with Crippen molar-refractivity contribution in [2.24, 2.45) is 13.0 Å². The molecule has 0 saturated carbocycles. The van der Waals surface area contributed by atoms with Crippen LogP contribution in [0.1, 0.15) is 25.1 Å². The molecule has 6 aromatic rings. The van der Waals surface area contributed by atoms with Crippen LogP contribution >= 0.6 is 30.2 Å². The molecule has 0 bridgehead atoms. The first kappa shape index (κ1) is 57.9. The Bertz CT molecular complexity index is 3530. The van der Waals surface area contributed by atoms with E-state index in [-0.39, 0.29) is 64.2 Å². The van der Waals surface area contributed by atoms with Crippen molar-refractivity contribution in [1.29, 1.82) is 0 Å². The number of fused-ring (bicyclic) bond motifs is 3. The lowest BCUT2D eigenvalue weighted by Crippen LogP contribution is -2.45. The maximum Gasteiger partial charge on any atom is 0.488 e. The summed E-state index contributed by atoms with van der Waals surface area (Å²) >= 11 is 4.93. The van der Waals surface area contributed by atoms with Gasteiger partial charge in [-0.15, -0.1) is 0 Å². The second-order valence-corrected chi connectivity index (χ2v) is 24.8. The molecular formula is C35H49N15O23P4S. The highest BCUT2D eigenvalue weighted by Gasteiger charge is 2.53. The number of ether oxygens (including phenoxy) is 5. The number of rotatable bonds is 22. The molecule has 0 aromatic carbocycles. The summed E-state index contributed by atoms with van der Waals surface area (Å²) in [4.78, 5) is 99.8. The first-order chi connectivity index (χ1) is 36.7. The predicted molar refractivity (Wildman–Crippen MR) is 257 cm³/mol. The molecule has 3 saturated heterocycles. The lowest BCUT2D eigenvalue weighted by atomic mass is 9.95. The molecule has 6 aromatic heterocycles. The third-order valence-corrected chi connectivity index (χ3v) is 18.5. The summed E-state index contributed by atoms with van der Waals surface area (Å²) in [5.41, 5.74) is 15.9. The molecule has 0 radical (unpaired) electrons. The summed E-state index contributed by atoms with van der Waals surface area (Å²) in [5, 5.41) is 33.2. The van der Waals surface area contributed by atoms with Gasteiger partial charge in [-0.25, -0.2) is 37.9 Å². The quantitative estimate of drug-likeness (QED) is 0.0228. The van der Waals surface area contributed by atoms with Gasteiger partial charge in [0, 0.05) is 26.7 Å². The van der Waals surface area contributed by atoms with Crippen LogP contribution in [0.2, 0.25) is 0 Å². The van der Waals surface area contributed by atoms with Gasteiger partial charge >= 0.3 is 28.0 Å². The minimum Gasteiger partial charge on any atom is -0.756 e. The zero-order chi connectivity index (χ0) is 56.4. The molecule has 3 fully saturated rings. The third-order valence-electron chi connectivity index (χ3n) is 12.4. The maximum absolute atomic E-state index is 13.6. The van der Waals surface area contributed by atoms with Gasteiger partial charge in [0.05, 0.1) is 45.6 Å². The number of aryl methyl sites for hydroxylation is 1. The molecule has 0 amide bonds. The maximum atomic E-state index is 13.6. The monoisotopic (exact) mass is 1200 g/mol. The number of hydrogen-bond donors (Lipinski definition) is 11. The van der Waals surface area contributed by atoms with Gasteiger partial charge in [0.15, 0.2) is 41.4 Å². The second kappa shape index (κ2) is 22.3. The standard InChI is InChI=1S/C35H49N15O23P4S/c1-47-12-50(28-19(47)30(55)46-35(38)44-28)31-20(51)13(4-5-63-2)14(68-31)6-67-77(62,78)73-76(60,61)72-75(58,59)66-8-16-23(24(64-3)33(70-16)48-10-41-17-25(36)39-9-40-26(17)48)71-74(56,57)65-7-15-21(52)22(53)32(69-15)49-11-42-18-27(49)43-34(37)45-29(18)54/h9-16,20-24,31-33,51-53H,4-8H2,1-3H3,(H11-,36,37,38,39,40,43,44,45,46,54,55,56,57,58,59,60,61,62,78)/t13-,14-,15-,16-,20-,21-,22-,23-,24-,31-,32-,33-,77?/m1/s1. The second-order valence-electron chi connectivity index (χ2n) is 17.4. The Labute approximate surface area is 439 Å². The first-order valence-electron chi connectivity index (χ1n) is 22.5. The number of imidazole rings is 3. The molecular weight excluding hydrogens is 1150 g/mol. The van der Waals surface area contributed by atoms with E-state index in [2.05, 4.69) is 48.5 Å². The molecule has 38 nitrogen and oxygen atoms in total. The SMILES string of the molecule is COCC[C@H]1[C@@H](O)[C@H]([n+]2cn(C)c3c(=O)[nH]c(N)nc32)O[C@@H]1COP(O)(=S)OP(=O)(O)OP(=O)(O)OC[C@H]1O[C@@H](n2cnc3c(N)ncnc32)[C@H](OC)[C@@H]1OP(=O)([O-])OC[C@H]1O[C@@H](n2cnc3c(=O)[nH]c(N)nc32)[C@H](O)[C@@H]1O. The Morgan fingerprint density at radius 1 is 0.769 bits per heavy atom. The number of nitrogen functional groups attached to an aromatic ring is 3. The smallest absolute Gasteiger partial charge is 0.488 e. The van der Waals surface area contributed by atoms with Gasteiger partial charge in [0.1, 0.15) is 54.6 Å². The third kappa shape index (κ3) is 11.9. The number of phosphoric acid groups is 3. The fourth-order valence-corrected chi connectivity index (χ4v) is 14.4. The van der Waals surface area contributed by atoms with Crippen molar-refractivity contribution < 1.29 is 104 Å². The van der Waals surface area contributed by atoms with Crippen molar-refractivity contribution in [2.45, 2.75) is 73.9 Å². The molecule has 9 heterocycles. The van der Waals surface area contributed by atoms with Crippen LogP contribution < -0.4 is 37.8 Å². The van der Waals surface area contributed by atoms with Crippen LogP contribution in [0.25, 0.3) is 33.5 Å². The summed E-state index contributed by atoms with van der Waals surface area (Å²) < 4.78 is 104. The van der Waals surface area contributed by atoms with E-state index in [1.54, 1.807) is 0 Å². The zero-order valence-corrected chi connectivity index (χ0v) is 44.7. The largest absolute Gasteiger partial charge is 0.756 e. The molecule has 0 spiro atoms. The van der Waals surface area contributed by atoms with Crippen LogP contribution in [-0.2, 0) is 83.0 Å². The Morgan fingerprint density at radius 3 is 2.14 bits per heavy atom. The molecule has 3 aliphatic heterocycles. The number of aromatic nitrogens is 12. The molecule has 43 heteroatoms. The summed E-state index contributed by atoms with van der Waals surface area (Å²) in [6.07, 6.45) is -12.4. The average Bonchev–Trinajstić information content (AvgIpc) is 4.39. The Hall–Kier alpha value is -4.73. The fraction of sp³-hybridized carbons (Fsp3) is 0.571. The van der Waals surface area contributed by atoms with Crippen molar-refractivity contribution in [1.82, 2.24) is 53.6 Å². The van der Waals surface area contributed by atoms with Crippen LogP contribution in [0.5, 0.6) is 0 Å². The van der Waals surface area contributed by atoms with Gasteiger partial charge < -0.3 is 89.3 Å². The van der Waals surface area contributed by atoms with Gasteiger partial charge in [-0.1, -0.05) is 4.98 Å². The Kier molecular flexibility index (Phi) is 16.6. The molecule has 14 N–H and O–H groups in total. The Balaban J connectivity index is 0.871. The van der Waals surface area contributed by atoms with Crippen molar-refractivity contribution >= 4 is 93.2 Å². The van der Waals surface area contributed by atoms with Crippen LogP contribution in [-0.4, -0.2) is 173 Å². The number of nitrogens with one attached hydrogen (secondary N) is 2. The number of methoxy groups -OCH3 is 2. The van der Waals surface area contributed by atoms with E-state index < -0.39 is 135 Å². The number of H-pyrrole nitrogens is 2. The Morgan fingerprint density at radius 2 is 1.42 bits per heavy atom. The molecule has 4 unspecified atom stereocenters. The minimum absolute atomic E-state index is 0.0203. The molecule has 428 valence electrons. The van der Waals surface area contributed by atoms with Crippen molar-refractivity contribution in [3.8, 4) is 0 Å². The number of hydrogen-bond acceptors (Lipinski definition) is 30. The average molecular weight is 1200 g/mol. The van der Waals surface area contributed by atoms with E-state index in [1.165, 1.54) is 34.2 Å². The van der Waals surface area contributed by atoms with E-state index in [1.807, 2.05) is 0 Å². The molecule has 0 aliphatic carbocycles. The summed E-state index contributed by atoms with van der Waals surface area (Å²) in [6, 6.07) is 0. The van der Waals surface area contributed by atoms with Crippen LogP contribution in [0.4, 0.5) is 17.7 Å². The van der Waals surface area contributed by atoms with E-state index in [4.69, 9.17) is 70.8 Å². The van der Waals surface area contributed by atoms with E-state index in [9.17, 15) is 58.2 Å². The van der Waals surface area contributed by atoms with Gasteiger partial charge in [-0.05, 0) is 18.2 Å². The highest BCUT2D eigenvalue weighted by Crippen LogP contribution is 2.68. The topological polar surface area (TPSA) is 537 Å². The van der Waals surface area contributed by atoms with Gasteiger partial charge in [0.2, 0.25) is 17.7 Å². The van der Waals surface area contributed by atoms with E-state index >= 15 is 0 Å². The van der Waals surface area contributed by atoms with Crippen LogP contribution in [0.15, 0.2) is 34.9 Å². The van der Waals surface area contributed by atoms with Crippen LogP contribution in [0, 0.1) is 5.92 Å².